The van der Waals surface area contributed by atoms with Crippen LogP contribution >= 0.6 is 0 Å². The summed E-state index contributed by atoms with van der Waals surface area (Å²) in [6, 6.07) is 10.0. The zero-order valence-corrected chi connectivity index (χ0v) is 16.6. The van der Waals surface area contributed by atoms with Crippen LogP contribution < -0.4 is 15.4 Å². The van der Waals surface area contributed by atoms with Crippen molar-refractivity contribution in [3.05, 3.63) is 58.9 Å². The lowest BCUT2D eigenvalue weighted by Crippen LogP contribution is -2.27. The number of pyridine rings is 1. The molecule has 1 aromatic carbocycles. The lowest BCUT2D eigenvalue weighted by atomic mass is 10.1. The number of nitro groups is 1. The van der Waals surface area contributed by atoms with Crippen molar-refractivity contribution in [1.29, 1.82) is 0 Å². The number of aromatic nitrogens is 3. The number of nitrogens with one attached hydrogen (secondary N) is 2. The molecule has 150 valence electrons. The van der Waals surface area contributed by atoms with Gasteiger partial charge in [0, 0.05) is 29.6 Å². The molecule has 0 spiro atoms. The molecule has 2 heterocycles. The number of rotatable bonds is 6. The minimum absolute atomic E-state index is 0.115. The summed E-state index contributed by atoms with van der Waals surface area (Å²) in [5, 5.41) is 17.7. The van der Waals surface area contributed by atoms with Crippen LogP contribution in [0, 0.1) is 10.1 Å². The topological polar surface area (TPSA) is 115 Å². The Bertz CT molecular complexity index is 1020. The van der Waals surface area contributed by atoms with Gasteiger partial charge in [0.25, 0.3) is 5.69 Å². The van der Waals surface area contributed by atoms with E-state index in [9.17, 15) is 10.1 Å². The number of benzene rings is 1. The Balaban J connectivity index is 2.05. The lowest BCUT2D eigenvalue weighted by Gasteiger charge is -2.21. The van der Waals surface area contributed by atoms with Crippen molar-refractivity contribution in [2.24, 2.45) is 0 Å². The maximum Gasteiger partial charge on any atom is 0.296 e. The Kier molecular flexibility index (Phi) is 5.58. The quantitative estimate of drug-likeness (QED) is 0.467. The van der Waals surface area contributed by atoms with Gasteiger partial charge in [-0.15, -0.1) is 0 Å². The van der Waals surface area contributed by atoms with Crippen LogP contribution in [0.1, 0.15) is 20.8 Å². The molecule has 29 heavy (non-hydrogen) atoms. The maximum absolute atomic E-state index is 11.5. The molecule has 2 N–H and O–H groups in total. The third-order valence-electron chi connectivity index (χ3n) is 3.83. The predicted molar refractivity (Wildman–Crippen MR) is 112 cm³/mol. The molecule has 0 aliphatic rings. The second-order valence-corrected chi connectivity index (χ2v) is 7.34. The lowest BCUT2D eigenvalue weighted by molar-refractivity contribution is -0.384. The second-order valence-electron chi connectivity index (χ2n) is 7.34. The molecule has 0 radical (unpaired) electrons. The van der Waals surface area contributed by atoms with Crippen LogP contribution in [-0.2, 0) is 0 Å². The smallest absolute Gasteiger partial charge is 0.296 e. The highest BCUT2D eigenvalue weighted by atomic mass is 16.6. The first kappa shape index (κ1) is 20.0. The summed E-state index contributed by atoms with van der Waals surface area (Å²) < 4.78 is 5.09. The van der Waals surface area contributed by atoms with Gasteiger partial charge in [-0.1, -0.05) is 0 Å². The molecule has 3 aromatic rings. The molecule has 0 fully saturated rings. The number of ether oxygens (including phenoxy) is 1. The second kappa shape index (κ2) is 8.09. The molecule has 0 amide bonds. The predicted octanol–water partition coefficient (Wildman–Crippen LogP) is 4.41. The Morgan fingerprint density at radius 3 is 2.55 bits per heavy atom. The van der Waals surface area contributed by atoms with E-state index >= 15 is 0 Å². The average Bonchev–Trinajstić information content (AvgIpc) is 2.67. The van der Waals surface area contributed by atoms with Crippen LogP contribution in [0.15, 0.2) is 48.8 Å². The van der Waals surface area contributed by atoms with Gasteiger partial charge in [-0.05, 0) is 45.0 Å². The van der Waals surface area contributed by atoms with Crippen molar-refractivity contribution >= 4 is 23.1 Å². The summed E-state index contributed by atoms with van der Waals surface area (Å²) in [4.78, 5) is 24.2. The van der Waals surface area contributed by atoms with Crippen LogP contribution in [0.5, 0.6) is 5.75 Å². The molecule has 9 nitrogen and oxygen atoms in total. The van der Waals surface area contributed by atoms with Crippen LogP contribution in [-0.4, -0.2) is 32.5 Å². The summed E-state index contributed by atoms with van der Waals surface area (Å²) >= 11 is 0. The van der Waals surface area contributed by atoms with E-state index in [-0.39, 0.29) is 11.2 Å². The summed E-state index contributed by atoms with van der Waals surface area (Å²) in [6.07, 6.45) is 3.38. The summed E-state index contributed by atoms with van der Waals surface area (Å²) in [5.74, 6) is 1.22. The van der Waals surface area contributed by atoms with Gasteiger partial charge in [0.1, 0.15) is 17.3 Å². The maximum atomic E-state index is 11.5. The Morgan fingerprint density at radius 1 is 1.14 bits per heavy atom. The first-order chi connectivity index (χ1) is 13.7. The number of hydrogen-bond acceptors (Lipinski definition) is 8. The third kappa shape index (κ3) is 5.16. The number of nitrogens with zero attached hydrogens (tertiary/aromatic N) is 4. The van der Waals surface area contributed by atoms with Crippen molar-refractivity contribution in [2.45, 2.75) is 26.3 Å². The SMILES string of the molecule is COc1ccc(Nc2cc(-c3cccnc3)nc(NC(C)(C)C)n2)c([N+](=O)[O-])c1. The van der Waals surface area contributed by atoms with Crippen molar-refractivity contribution < 1.29 is 9.66 Å². The number of anilines is 3. The molecule has 0 aliphatic carbocycles. The minimum atomic E-state index is -0.470. The van der Waals surface area contributed by atoms with Gasteiger partial charge in [0.15, 0.2) is 0 Å². The zero-order chi connectivity index (χ0) is 21.0. The molecular weight excluding hydrogens is 372 g/mol. The Hall–Kier alpha value is -3.75. The number of hydrogen-bond donors (Lipinski definition) is 2. The molecule has 0 atom stereocenters. The van der Waals surface area contributed by atoms with E-state index in [1.807, 2.05) is 32.9 Å². The fraction of sp³-hybridized carbons (Fsp3) is 0.250. The normalized spacial score (nSPS) is 11.0. The molecule has 3 rings (SSSR count). The fourth-order valence-corrected chi connectivity index (χ4v) is 2.60. The minimum Gasteiger partial charge on any atom is -0.496 e. The van der Waals surface area contributed by atoms with Crippen LogP contribution in [0.25, 0.3) is 11.3 Å². The first-order valence-electron chi connectivity index (χ1n) is 8.92. The molecule has 2 aromatic heterocycles. The van der Waals surface area contributed by atoms with Crippen molar-refractivity contribution in [2.75, 3.05) is 17.7 Å². The van der Waals surface area contributed by atoms with E-state index < -0.39 is 4.92 Å². The van der Waals surface area contributed by atoms with Gasteiger partial charge < -0.3 is 15.4 Å². The first-order valence-corrected chi connectivity index (χ1v) is 8.92. The van der Waals surface area contributed by atoms with Gasteiger partial charge in [-0.2, -0.15) is 4.98 Å². The van der Waals surface area contributed by atoms with Crippen LogP contribution in [0.4, 0.5) is 23.1 Å². The van der Waals surface area contributed by atoms with E-state index in [0.29, 0.717) is 28.9 Å². The average molecular weight is 394 g/mol. The number of nitro benzene ring substituents is 1. The highest BCUT2D eigenvalue weighted by Gasteiger charge is 2.18. The van der Waals surface area contributed by atoms with E-state index in [1.165, 1.54) is 13.2 Å². The van der Waals surface area contributed by atoms with Gasteiger partial charge in [0.05, 0.1) is 23.8 Å². The standard InChI is InChI=1S/C20H22N6O3/c1-20(2,3)25-19-23-16(13-6-5-9-21-12-13)11-18(24-19)22-15-8-7-14(29-4)10-17(15)26(27)28/h5-12H,1-4H3,(H2,22,23,24,25). The monoisotopic (exact) mass is 394 g/mol. The van der Waals surface area contributed by atoms with Gasteiger partial charge in [-0.25, -0.2) is 4.98 Å². The van der Waals surface area contributed by atoms with E-state index in [2.05, 4.69) is 25.6 Å². The van der Waals surface area contributed by atoms with E-state index in [0.717, 1.165) is 5.56 Å². The molecule has 0 saturated carbocycles. The van der Waals surface area contributed by atoms with Crippen molar-refractivity contribution in [3.8, 4) is 17.0 Å². The van der Waals surface area contributed by atoms with Gasteiger partial charge in [-0.3, -0.25) is 15.1 Å². The van der Waals surface area contributed by atoms with Crippen LogP contribution in [0.3, 0.4) is 0 Å². The van der Waals surface area contributed by atoms with E-state index in [1.54, 1.807) is 30.6 Å². The van der Waals surface area contributed by atoms with Gasteiger partial charge in [0.2, 0.25) is 5.95 Å². The highest BCUT2D eigenvalue weighted by Crippen LogP contribution is 2.32. The molecule has 0 bridgehead atoms. The Labute approximate surface area is 168 Å². The molecular formula is C20H22N6O3. The fourth-order valence-electron chi connectivity index (χ4n) is 2.60. The summed E-state index contributed by atoms with van der Waals surface area (Å²) in [6.45, 7) is 5.98. The largest absolute Gasteiger partial charge is 0.496 e. The summed E-state index contributed by atoms with van der Waals surface area (Å²) in [5.41, 5.74) is 1.36. The van der Waals surface area contributed by atoms with Crippen molar-refractivity contribution in [1.82, 2.24) is 15.0 Å². The third-order valence-corrected chi connectivity index (χ3v) is 3.83. The molecule has 0 saturated heterocycles. The Morgan fingerprint density at radius 2 is 1.93 bits per heavy atom. The molecule has 0 unspecified atom stereocenters. The zero-order valence-electron chi connectivity index (χ0n) is 16.6. The van der Waals surface area contributed by atoms with E-state index in [4.69, 9.17) is 4.74 Å². The summed E-state index contributed by atoms with van der Waals surface area (Å²) in [7, 11) is 1.46. The highest BCUT2D eigenvalue weighted by molar-refractivity contribution is 5.72. The molecule has 0 aliphatic heterocycles. The van der Waals surface area contributed by atoms with Gasteiger partial charge >= 0.3 is 0 Å². The van der Waals surface area contributed by atoms with Crippen molar-refractivity contribution in [3.63, 3.8) is 0 Å². The molecule has 9 heteroatoms. The van der Waals surface area contributed by atoms with Crippen LogP contribution in [0.2, 0.25) is 0 Å². The number of methoxy groups -OCH3 is 1.